The molecule has 2 aromatic heterocycles. The van der Waals surface area contributed by atoms with E-state index in [-0.39, 0.29) is 17.9 Å². The van der Waals surface area contributed by atoms with E-state index >= 15 is 0 Å². The molecule has 1 aliphatic heterocycles. The van der Waals surface area contributed by atoms with Gasteiger partial charge in [0.25, 0.3) is 5.91 Å². The van der Waals surface area contributed by atoms with Crippen molar-refractivity contribution in [2.45, 2.75) is 52.7 Å². The first-order valence-electron chi connectivity index (χ1n) is 11.6. The second-order valence-corrected chi connectivity index (χ2v) is 11.0. The molecule has 0 spiro atoms. The smallest absolute Gasteiger partial charge is 0.289 e. The number of halogens is 1. The minimum absolute atomic E-state index is 0.0703. The van der Waals surface area contributed by atoms with E-state index in [1.807, 2.05) is 30.0 Å². The van der Waals surface area contributed by atoms with Crippen molar-refractivity contribution < 1.29 is 13.9 Å². The number of aryl methyl sites for hydroxylation is 1. The summed E-state index contributed by atoms with van der Waals surface area (Å²) in [6.07, 6.45) is 0.925. The first-order chi connectivity index (χ1) is 16.2. The fourth-order valence-corrected chi connectivity index (χ4v) is 4.89. The molecule has 1 aromatic carbocycles. The molecular formula is C26H32ClN3O3S. The van der Waals surface area contributed by atoms with Gasteiger partial charge < -0.3 is 14.1 Å². The average molecular weight is 502 g/mol. The molecule has 0 atom stereocenters. The normalized spacial score (nSPS) is 15.4. The number of carbonyl (C=O) groups excluding carboxylic acids is 1. The predicted octanol–water partition coefficient (Wildman–Crippen LogP) is 5.92. The second kappa shape index (κ2) is 10.5. The van der Waals surface area contributed by atoms with Crippen molar-refractivity contribution in [3.63, 3.8) is 0 Å². The summed E-state index contributed by atoms with van der Waals surface area (Å²) in [7, 11) is 0. The van der Waals surface area contributed by atoms with Crippen LogP contribution >= 0.6 is 22.9 Å². The van der Waals surface area contributed by atoms with Crippen molar-refractivity contribution in [3.8, 4) is 5.75 Å². The van der Waals surface area contributed by atoms with E-state index in [2.05, 4.69) is 31.1 Å². The molecule has 3 heterocycles. The lowest BCUT2D eigenvalue weighted by molar-refractivity contribution is 0.0725. The third-order valence-corrected chi connectivity index (χ3v) is 7.58. The largest absolute Gasteiger partial charge is 0.486 e. The maximum Gasteiger partial charge on any atom is 0.289 e. The van der Waals surface area contributed by atoms with Crippen molar-refractivity contribution in [3.05, 3.63) is 68.5 Å². The van der Waals surface area contributed by atoms with Gasteiger partial charge in [-0.1, -0.05) is 32.4 Å². The van der Waals surface area contributed by atoms with Crippen molar-refractivity contribution in [1.82, 2.24) is 14.8 Å². The summed E-state index contributed by atoms with van der Waals surface area (Å²) in [5.74, 6) is 1.62. The van der Waals surface area contributed by atoms with Gasteiger partial charge in [-0.25, -0.2) is 4.98 Å². The number of hydrogen-bond donors (Lipinski definition) is 0. The fourth-order valence-electron chi connectivity index (χ4n) is 3.87. The van der Waals surface area contributed by atoms with Crippen LogP contribution in [-0.2, 0) is 18.6 Å². The highest BCUT2D eigenvalue weighted by molar-refractivity contribution is 7.09. The zero-order valence-corrected chi connectivity index (χ0v) is 21.8. The van der Waals surface area contributed by atoms with Crippen LogP contribution in [0.3, 0.4) is 0 Å². The van der Waals surface area contributed by atoms with Crippen LogP contribution in [0.5, 0.6) is 5.75 Å². The van der Waals surface area contributed by atoms with E-state index in [0.29, 0.717) is 28.8 Å². The summed E-state index contributed by atoms with van der Waals surface area (Å²) in [6, 6.07) is 9.05. The molecule has 8 heteroatoms. The summed E-state index contributed by atoms with van der Waals surface area (Å²) < 4.78 is 11.6. The van der Waals surface area contributed by atoms with Crippen LogP contribution in [0.15, 0.2) is 40.1 Å². The third kappa shape index (κ3) is 6.20. The number of amides is 1. The molecule has 4 rings (SSSR count). The Kier molecular flexibility index (Phi) is 7.65. The number of ether oxygens (including phenoxy) is 1. The van der Waals surface area contributed by atoms with Crippen molar-refractivity contribution >= 4 is 28.8 Å². The lowest BCUT2D eigenvalue weighted by Crippen LogP contribution is -2.35. The van der Waals surface area contributed by atoms with Crippen LogP contribution < -0.4 is 4.74 Å². The highest BCUT2D eigenvalue weighted by Gasteiger charge is 2.24. The molecule has 6 nitrogen and oxygen atoms in total. The maximum absolute atomic E-state index is 13.0. The van der Waals surface area contributed by atoms with Gasteiger partial charge in [0.05, 0.1) is 10.7 Å². The van der Waals surface area contributed by atoms with Gasteiger partial charge in [0.2, 0.25) is 0 Å². The fraction of sp³-hybridized carbons (Fsp3) is 0.462. The van der Waals surface area contributed by atoms with Crippen LogP contribution in [0.2, 0.25) is 5.02 Å². The lowest BCUT2D eigenvalue weighted by Gasteiger charge is -2.21. The zero-order valence-electron chi connectivity index (χ0n) is 20.3. The van der Waals surface area contributed by atoms with Gasteiger partial charge in [0.1, 0.15) is 18.1 Å². The molecule has 3 aromatic rings. The molecule has 0 unspecified atom stereocenters. The summed E-state index contributed by atoms with van der Waals surface area (Å²) in [4.78, 5) is 22.1. The number of benzene rings is 1. The first-order valence-corrected chi connectivity index (χ1v) is 12.9. The topological polar surface area (TPSA) is 58.8 Å². The number of nitrogens with zero attached hydrogens (tertiary/aromatic N) is 3. The SMILES string of the molecule is Cc1cc(OCc2ccc(C(=O)N3CCCN(Cc4csc(C(C)(C)C)n4)CC3)o2)ccc1Cl. The zero-order chi connectivity index (χ0) is 24.3. The van der Waals surface area contributed by atoms with E-state index in [0.717, 1.165) is 48.9 Å². The average Bonchev–Trinajstić information content (AvgIpc) is 3.40. The van der Waals surface area contributed by atoms with Gasteiger partial charge >= 0.3 is 0 Å². The summed E-state index contributed by atoms with van der Waals surface area (Å²) in [5.41, 5.74) is 2.14. The molecule has 1 amide bonds. The first kappa shape index (κ1) is 24.8. The van der Waals surface area contributed by atoms with Gasteiger partial charge in [-0.15, -0.1) is 11.3 Å². The van der Waals surface area contributed by atoms with Gasteiger partial charge in [-0.05, 0) is 49.2 Å². The van der Waals surface area contributed by atoms with Crippen LogP contribution in [0, 0.1) is 6.92 Å². The summed E-state index contributed by atoms with van der Waals surface area (Å²) in [6.45, 7) is 12.7. The van der Waals surface area contributed by atoms with Gasteiger partial charge in [-0.3, -0.25) is 9.69 Å². The number of hydrogen-bond acceptors (Lipinski definition) is 6. The highest BCUT2D eigenvalue weighted by Crippen LogP contribution is 2.26. The Morgan fingerprint density at radius 3 is 2.74 bits per heavy atom. The second-order valence-electron chi connectivity index (χ2n) is 9.78. The van der Waals surface area contributed by atoms with Crippen molar-refractivity contribution in [2.75, 3.05) is 26.2 Å². The molecule has 0 aliphatic carbocycles. The van der Waals surface area contributed by atoms with E-state index in [1.54, 1.807) is 23.5 Å². The van der Waals surface area contributed by atoms with E-state index in [4.69, 9.17) is 25.7 Å². The Hall–Kier alpha value is -2.35. The summed E-state index contributed by atoms with van der Waals surface area (Å²) >= 11 is 7.79. The summed E-state index contributed by atoms with van der Waals surface area (Å²) in [5, 5.41) is 4.03. The molecule has 0 bridgehead atoms. The number of furan rings is 1. The molecule has 1 saturated heterocycles. The van der Waals surface area contributed by atoms with Gasteiger partial charge in [0.15, 0.2) is 5.76 Å². The molecule has 182 valence electrons. The minimum atomic E-state index is -0.0703. The van der Waals surface area contributed by atoms with E-state index in [9.17, 15) is 4.79 Å². The maximum atomic E-state index is 13.0. The minimum Gasteiger partial charge on any atom is -0.486 e. The molecule has 1 fully saturated rings. The Balaban J connectivity index is 1.30. The van der Waals surface area contributed by atoms with Crippen LogP contribution in [0.4, 0.5) is 0 Å². The van der Waals surface area contributed by atoms with E-state index in [1.165, 1.54) is 0 Å². The standard InChI is InChI=1S/C26H32ClN3O3S/c1-18-14-20(6-8-22(18)27)32-16-21-7-9-23(33-21)24(31)30-11-5-10-29(12-13-30)15-19-17-34-25(28-19)26(2,3)4/h6-9,14,17H,5,10-13,15-16H2,1-4H3. The Morgan fingerprint density at radius 2 is 2.00 bits per heavy atom. The molecule has 0 N–H and O–H groups in total. The van der Waals surface area contributed by atoms with Crippen molar-refractivity contribution in [1.29, 1.82) is 0 Å². The molecule has 0 saturated carbocycles. The molecule has 1 aliphatic rings. The highest BCUT2D eigenvalue weighted by atomic mass is 35.5. The Bertz CT molecular complexity index is 1130. The quantitative estimate of drug-likeness (QED) is 0.419. The predicted molar refractivity (Wildman–Crippen MR) is 136 cm³/mol. The van der Waals surface area contributed by atoms with E-state index < -0.39 is 0 Å². The monoisotopic (exact) mass is 501 g/mol. The third-order valence-electron chi connectivity index (χ3n) is 5.84. The van der Waals surface area contributed by atoms with Gasteiger partial charge in [0, 0.05) is 48.5 Å². The van der Waals surface area contributed by atoms with Crippen LogP contribution in [-0.4, -0.2) is 46.9 Å². The number of aromatic nitrogens is 1. The Labute approximate surface area is 210 Å². The molecule has 34 heavy (non-hydrogen) atoms. The number of rotatable bonds is 6. The van der Waals surface area contributed by atoms with Crippen LogP contribution in [0.1, 0.15) is 59.8 Å². The lowest BCUT2D eigenvalue weighted by atomic mass is 9.98. The number of thiazole rings is 1. The number of carbonyl (C=O) groups is 1. The van der Waals surface area contributed by atoms with Crippen molar-refractivity contribution in [2.24, 2.45) is 0 Å². The van der Waals surface area contributed by atoms with Crippen LogP contribution in [0.25, 0.3) is 0 Å². The van der Waals surface area contributed by atoms with Gasteiger partial charge in [-0.2, -0.15) is 0 Å². The molecule has 0 radical (unpaired) electrons. The molecular weight excluding hydrogens is 470 g/mol. The Morgan fingerprint density at radius 1 is 1.18 bits per heavy atom.